The first-order valence-corrected chi connectivity index (χ1v) is 3.04. The summed E-state index contributed by atoms with van der Waals surface area (Å²) in [5.41, 5.74) is 7.19. The van der Waals surface area contributed by atoms with Crippen molar-refractivity contribution in [3.8, 4) is 0 Å². The average molecular weight is 160 g/mol. The molecule has 0 saturated carbocycles. The molecule has 1 aliphatic heterocycles. The quantitative estimate of drug-likeness (QED) is 0.443. The minimum atomic E-state index is -1.17. The van der Waals surface area contributed by atoms with E-state index >= 15 is 0 Å². The van der Waals surface area contributed by atoms with Crippen LogP contribution in [0.4, 0.5) is 0 Å². The van der Waals surface area contributed by atoms with E-state index in [9.17, 15) is 9.59 Å². The second-order valence-corrected chi connectivity index (χ2v) is 2.25. The zero-order chi connectivity index (χ0) is 8.43. The topological polar surface area (TPSA) is 102 Å². The maximum atomic E-state index is 10.5. The van der Waals surface area contributed by atoms with Gasteiger partial charge in [-0.2, -0.15) is 0 Å². The second-order valence-electron chi connectivity index (χ2n) is 2.25. The molecule has 1 aliphatic rings. The Morgan fingerprint density at radius 3 is 2.91 bits per heavy atom. The van der Waals surface area contributed by atoms with E-state index in [1.54, 1.807) is 0 Å². The van der Waals surface area contributed by atoms with Gasteiger partial charge in [0.2, 0.25) is 5.91 Å². The van der Waals surface area contributed by atoms with E-state index in [2.05, 4.69) is 4.84 Å². The number of hydrogen-bond acceptors (Lipinski definition) is 4. The van der Waals surface area contributed by atoms with Crippen LogP contribution in [-0.4, -0.2) is 29.1 Å². The minimum Gasteiger partial charge on any atom is -0.480 e. The fourth-order valence-electron chi connectivity index (χ4n) is 0.767. The predicted octanol–water partition coefficient (Wildman–Crippen LogP) is -1.78. The van der Waals surface area contributed by atoms with Crippen molar-refractivity contribution in [2.75, 3.05) is 0 Å². The number of hydrogen-bond donors (Lipinski definition) is 3. The molecule has 0 aromatic rings. The van der Waals surface area contributed by atoms with Crippen molar-refractivity contribution < 1.29 is 19.5 Å². The first kappa shape index (κ1) is 7.96. The SMILES string of the molecule is N[C@H](C(=O)O)C1CC(=O)NO1. The van der Waals surface area contributed by atoms with Gasteiger partial charge in [0, 0.05) is 0 Å². The van der Waals surface area contributed by atoms with Crippen molar-refractivity contribution in [1.29, 1.82) is 0 Å². The smallest absolute Gasteiger partial charge is 0.323 e. The second kappa shape index (κ2) is 2.85. The first-order valence-electron chi connectivity index (χ1n) is 3.04. The summed E-state index contributed by atoms with van der Waals surface area (Å²) in [6.07, 6.45) is -0.743. The summed E-state index contributed by atoms with van der Waals surface area (Å²) < 4.78 is 0. The fourth-order valence-corrected chi connectivity index (χ4v) is 0.767. The van der Waals surface area contributed by atoms with Crippen LogP contribution < -0.4 is 11.2 Å². The Kier molecular flexibility index (Phi) is 2.06. The number of nitrogens with two attached hydrogens (primary N) is 1. The Hall–Kier alpha value is -1.14. The van der Waals surface area contributed by atoms with Crippen LogP contribution in [0.5, 0.6) is 0 Å². The molecule has 1 fully saturated rings. The van der Waals surface area contributed by atoms with Gasteiger partial charge in [-0.05, 0) is 0 Å². The summed E-state index contributed by atoms with van der Waals surface area (Å²) in [4.78, 5) is 25.3. The third-order valence-corrected chi connectivity index (χ3v) is 1.40. The number of nitrogens with one attached hydrogen (secondary N) is 1. The number of amides is 1. The third-order valence-electron chi connectivity index (χ3n) is 1.40. The van der Waals surface area contributed by atoms with Crippen LogP contribution >= 0.6 is 0 Å². The molecule has 4 N–H and O–H groups in total. The molecule has 1 rings (SSSR count). The average Bonchev–Trinajstić information content (AvgIpc) is 2.34. The van der Waals surface area contributed by atoms with E-state index in [4.69, 9.17) is 10.8 Å². The van der Waals surface area contributed by atoms with E-state index in [0.29, 0.717) is 0 Å². The molecule has 1 unspecified atom stereocenters. The van der Waals surface area contributed by atoms with Gasteiger partial charge in [0.15, 0.2) is 0 Å². The molecule has 6 nitrogen and oxygen atoms in total. The standard InChI is InChI=1S/C5H8N2O4/c6-4(5(9)10)2-1-3(8)7-11-2/h2,4H,1,6H2,(H,7,8)(H,9,10)/t2?,4-/m0/s1. The van der Waals surface area contributed by atoms with Crippen molar-refractivity contribution in [1.82, 2.24) is 5.48 Å². The molecule has 1 saturated heterocycles. The highest BCUT2D eigenvalue weighted by molar-refractivity contribution is 5.80. The normalized spacial score (nSPS) is 26.3. The van der Waals surface area contributed by atoms with E-state index in [-0.39, 0.29) is 12.3 Å². The van der Waals surface area contributed by atoms with Crippen molar-refractivity contribution >= 4 is 11.9 Å². The molecular formula is C5H8N2O4. The van der Waals surface area contributed by atoms with E-state index in [1.165, 1.54) is 0 Å². The number of rotatable bonds is 2. The lowest BCUT2D eigenvalue weighted by atomic mass is 10.1. The summed E-state index contributed by atoms with van der Waals surface area (Å²) in [5.74, 6) is -1.52. The fraction of sp³-hybridized carbons (Fsp3) is 0.600. The Balaban J connectivity index is 2.49. The molecular weight excluding hydrogens is 152 g/mol. The third kappa shape index (κ3) is 1.66. The Bertz CT molecular complexity index is 193. The van der Waals surface area contributed by atoms with Crippen molar-refractivity contribution in [2.45, 2.75) is 18.6 Å². The molecule has 1 amide bonds. The van der Waals surface area contributed by atoms with Gasteiger partial charge in [-0.1, -0.05) is 0 Å². The lowest BCUT2D eigenvalue weighted by Crippen LogP contribution is -2.41. The maximum absolute atomic E-state index is 10.5. The molecule has 0 aromatic carbocycles. The van der Waals surface area contributed by atoms with Gasteiger partial charge in [0.05, 0.1) is 6.42 Å². The van der Waals surface area contributed by atoms with Crippen LogP contribution in [0.15, 0.2) is 0 Å². The van der Waals surface area contributed by atoms with E-state index < -0.39 is 18.1 Å². The molecule has 1 heterocycles. The van der Waals surface area contributed by atoms with E-state index in [0.717, 1.165) is 0 Å². The summed E-state index contributed by atoms with van der Waals surface area (Å²) >= 11 is 0. The van der Waals surface area contributed by atoms with Gasteiger partial charge in [-0.3, -0.25) is 14.4 Å². The summed E-state index contributed by atoms with van der Waals surface area (Å²) in [5, 5.41) is 8.38. The van der Waals surface area contributed by atoms with Gasteiger partial charge in [-0.25, -0.2) is 5.48 Å². The van der Waals surface area contributed by atoms with Crippen molar-refractivity contribution in [2.24, 2.45) is 5.73 Å². The highest BCUT2D eigenvalue weighted by Gasteiger charge is 2.32. The van der Waals surface area contributed by atoms with Crippen molar-refractivity contribution in [3.05, 3.63) is 0 Å². The first-order chi connectivity index (χ1) is 5.11. The van der Waals surface area contributed by atoms with Gasteiger partial charge < -0.3 is 10.8 Å². The number of carbonyl (C=O) groups is 2. The molecule has 62 valence electrons. The molecule has 2 atom stereocenters. The van der Waals surface area contributed by atoms with Gasteiger partial charge in [0.25, 0.3) is 0 Å². The van der Waals surface area contributed by atoms with Crippen LogP contribution in [0.1, 0.15) is 6.42 Å². The van der Waals surface area contributed by atoms with Crippen LogP contribution in [-0.2, 0) is 14.4 Å². The van der Waals surface area contributed by atoms with Crippen molar-refractivity contribution in [3.63, 3.8) is 0 Å². The zero-order valence-electron chi connectivity index (χ0n) is 5.61. The van der Waals surface area contributed by atoms with Crippen LogP contribution in [0.25, 0.3) is 0 Å². The van der Waals surface area contributed by atoms with Crippen LogP contribution in [0.3, 0.4) is 0 Å². The Morgan fingerprint density at radius 2 is 2.55 bits per heavy atom. The number of carboxylic acid groups (broad SMARTS) is 1. The number of carboxylic acids is 1. The molecule has 0 bridgehead atoms. The predicted molar refractivity (Wildman–Crippen MR) is 33.2 cm³/mol. The molecule has 6 heteroatoms. The lowest BCUT2D eigenvalue weighted by Gasteiger charge is -2.10. The minimum absolute atomic E-state index is 0.00741. The zero-order valence-corrected chi connectivity index (χ0v) is 5.61. The highest BCUT2D eigenvalue weighted by atomic mass is 16.7. The Morgan fingerprint density at radius 1 is 1.91 bits per heavy atom. The van der Waals surface area contributed by atoms with Gasteiger partial charge >= 0.3 is 5.97 Å². The number of carbonyl (C=O) groups excluding carboxylic acids is 1. The number of hydroxylamine groups is 1. The monoisotopic (exact) mass is 160 g/mol. The molecule has 0 spiro atoms. The largest absolute Gasteiger partial charge is 0.480 e. The molecule has 11 heavy (non-hydrogen) atoms. The maximum Gasteiger partial charge on any atom is 0.323 e. The summed E-state index contributed by atoms with van der Waals surface area (Å²) in [6.45, 7) is 0. The van der Waals surface area contributed by atoms with Gasteiger partial charge in [-0.15, -0.1) is 0 Å². The highest BCUT2D eigenvalue weighted by Crippen LogP contribution is 2.07. The van der Waals surface area contributed by atoms with E-state index in [1.807, 2.05) is 5.48 Å². The lowest BCUT2D eigenvalue weighted by molar-refractivity contribution is -0.143. The Labute approximate surface area is 62.3 Å². The summed E-state index contributed by atoms with van der Waals surface area (Å²) in [7, 11) is 0. The molecule has 0 radical (unpaired) electrons. The molecule has 0 aromatic heterocycles. The summed E-state index contributed by atoms with van der Waals surface area (Å²) in [6, 6.07) is -1.14. The van der Waals surface area contributed by atoms with Crippen LogP contribution in [0, 0.1) is 0 Å². The van der Waals surface area contributed by atoms with Crippen LogP contribution in [0.2, 0.25) is 0 Å². The molecule has 0 aliphatic carbocycles. The number of aliphatic carboxylic acids is 1. The van der Waals surface area contributed by atoms with Gasteiger partial charge in [0.1, 0.15) is 12.1 Å².